The van der Waals surface area contributed by atoms with Crippen LogP contribution in [0.25, 0.3) is 0 Å². The average molecular weight is 298 g/mol. The summed E-state index contributed by atoms with van der Waals surface area (Å²) in [6.07, 6.45) is 2.05. The summed E-state index contributed by atoms with van der Waals surface area (Å²) in [6, 6.07) is 8.25. The third-order valence-corrected chi connectivity index (χ3v) is 3.86. The van der Waals surface area contributed by atoms with Crippen molar-refractivity contribution < 1.29 is 9.90 Å². The Hall–Kier alpha value is -0.870. The minimum absolute atomic E-state index is 0.342. The first kappa shape index (κ1) is 12.6. The van der Waals surface area contributed by atoms with Gasteiger partial charge in [-0.25, -0.2) is 0 Å². The fourth-order valence-electron chi connectivity index (χ4n) is 2.19. The molecule has 0 bridgehead atoms. The average Bonchev–Trinajstić information content (AvgIpc) is 2.24. The Morgan fingerprint density at radius 3 is 2.53 bits per heavy atom. The number of carboxylic acids is 1. The normalized spacial score (nSPS) is 25.1. The second kappa shape index (κ2) is 5.19. The number of benzene rings is 1. The Morgan fingerprint density at radius 2 is 2.00 bits per heavy atom. The lowest BCUT2D eigenvalue weighted by molar-refractivity contribution is -0.139. The number of hydrogen-bond donors (Lipinski definition) is 2. The molecule has 1 atom stereocenters. The zero-order valence-corrected chi connectivity index (χ0v) is 11.3. The van der Waals surface area contributed by atoms with E-state index in [1.807, 2.05) is 0 Å². The van der Waals surface area contributed by atoms with Gasteiger partial charge in [-0.05, 0) is 43.4 Å². The molecule has 0 aromatic heterocycles. The third-order valence-electron chi connectivity index (χ3n) is 3.34. The van der Waals surface area contributed by atoms with E-state index in [-0.39, 0.29) is 0 Å². The van der Waals surface area contributed by atoms with E-state index in [4.69, 9.17) is 5.11 Å². The highest BCUT2D eigenvalue weighted by Crippen LogP contribution is 2.37. The molecule has 1 aromatic carbocycles. The second-order valence-electron chi connectivity index (χ2n) is 4.64. The first-order chi connectivity index (χ1) is 8.06. The van der Waals surface area contributed by atoms with Gasteiger partial charge < -0.3 is 10.4 Å². The maximum atomic E-state index is 10.7. The van der Waals surface area contributed by atoms with E-state index in [1.165, 1.54) is 5.56 Å². The summed E-state index contributed by atoms with van der Waals surface area (Å²) in [4.78, 5) is 10.7. The molecule has 4 heteroatoms. The fourth-order valence-corrected chi connectivity index (χ4v) is 2.45. The summed E-state index contributed by atoms with van der Waals surface area (Å²) in [6.45, 7) is 1.69. The van der Waals surface area contributed by atoms with Crippen molar-refractivity contribution in [3.63, 3.8) is 0 Å². The van der Waals surface area contributed by atoms with Crippen molar-refractivity contribution in [3.8, 4) is 0 Å². The topological polar surface area (TPSA) is 49.3 Å². The summed E-state index contributed by atoms with van der Waals surface area (Å²) in [5.74, 6) is -0.210. The van der Waals surface area contributed by atoms with Crippen LogP contribution in [0.1, 0.15) is 31.2 Å². The van der Waals surface area contributed by atoms with Gasteiger partial charge in [0.15, 0.2) is 0 Å². The molecule has 1 aliphatic rings. The van der Waals surface area contributed by atoms with E-state index >= 15 is 0 Å². The maximum Gasteiger partial charge on any atom is 0.320 e. The molecule has 17 heavy (non-hydrogen) atoms. The molecule has 0 saturated heterocycles. The smallest absolute Gasteiger partial charge is 0.320 e. The summed E-state index contributed by atoms with van der Waals surface area (Å²) in [5, 5.41) is 11.9. The molecule has 0 spiro atoms. The van der Waals surface area contributed by atoms with Crippen molar-refractivity contribution >= 4 is 21.9 Å². The molecule has 1 saturated carbocycles. The molecule has 1 fully saturated rings. The maximum absolute atomic E-state index is 10.7. The number of hydrogen-bond acceptors (Lipinski definition) is 2. The van der Waals surface area contributed by atoms with E-state index < -0.39 is 12.0 Å². The van der Waals surface area contributed by atoms with Gasteiger partial charge in [0.1, 0.15) is 6.04 Å². The molecule has 3 nitrogen and oxygen atoms in total. The predicted octanol–water partition coefficient (Wildman–Crippen LogP) is 2.76. The van der Waals surface area contributed by atoms with Gasteiger partial charge >= 0.3 is 5.97 Å². The Kier molecular flexibility index (Phi) is 3.84. The van der Waals surface area contributed by atoms with Crippen molar-refractivity contribution in [2.45, 2.75) is 37.8 Å². The molecule has 0 heterocycles. The van der Waals surface area contributed by atoms with Gasteiger partial charge in [-0.2, -0.15) is 0 Å². The van der Waals surface area contributed by atoms with E-state index in [0.29, 0.717) is 12.0 Å². The Morgan fingerprint density at radius 1 is 1.41 bits per heavy atom. The van der Waals surface area contributed by atoms with Gasteiger partial charge in [-0.1, -0.05) is 28.1 Å². The highest BCUT2D eigenvalue weighted by atomic mass is 79.9. The van der Waals surface area contributed by atoms with E-state index in [2.05, 4.69) is 45.5 Å². The SMILES string of the molecule is C[C@H](NC1CC(c2ccc(Br)cc2)C1)C(=O)O. The van der Waals surface area contributed by atoms with Crippen LogP contribution in [0.2, 0.25) is 0 Å². The molecule has 2 rings (SSSR count). The largest absolute Gasteiger partial charge is 0.480 e. The number of carboxylic acid groups (broad SMARTS) is 1. The Bertz CT molecular complexity index is 398. The standard InChI is InChI=1S/C13H16BrNO2/c1-8(13(16)17)15-12-6-10(7-12)9-2-4-11(14)5-3-9/h2-5,8,10,12,15H,6-7H2,1H3,(H,16,17)/t8-,10?,12?/m0/s1. The highest BCUT2D eigenvalue weighted by molar-refractivity contribution is 9.10. The molecule has 0 unspecified atom stereocenters. The molecular weight excluding hydrogens is 282 g/mol. The zero-order chi connectivity index (χ0) is 12.4. The first-order valence-corrected chi connectivity index (χ1v) is 6.60. The molecule has 0 amide bonds. The number of carbonyl (C=O) groups is 1. The summed E-state index contributed by atoms with van der Waals surface area (Å²) >= 11 is 3.42. The van der Waals surface area contributed by atoms with Crippen LogP contribution in [-0.2, 0) is 4.79 Å². The van der Waals surface area contributed by atoms with E-state index in [9.17, 15) is 4.79 Å². The van der Waals surface area contributed by atoms with Gasteiger partial charge in [-0.15, -0.1) is 0 Å². The lowest BCUT2D eigenvalue weighted by Crippen LogP contribution is -2.47. The number of halogens is 1. The van der Waals surface area contributed by atoms with Crippen molar-refractivity contribution in [2.75, 3.05) is 0 Å². The van der Waals surface area contributed by atoms with Crippen molar-refractivity contribution in [3.05, 3.63) is 34.3 Å². The van der Waals surface area contributed by atoms with Crippen LogP contribution in [0.3, 0.4) is 0 Å². The molecule has 2 N–H and O–H groups in total. The van der Waals surface area contributed by atoms with Crippen molar-refractivity contribution in [1.29, 1.82) is 0 Å². The van der Waals surface area contributed by atoms with Crippen molar-refractivity contribution in [1.82, 2.24) is 5.32 Å². The molecule has 1 aliphatic carbocycles. The quantitative estimate of drug-likeness (QED) is 0.898. The molecule has 1 aromatic rings. The number of rotatable bonds is 4. The Labute approximate surface area is 109 Å². The second-order valence-corrected chi connectivity index (χ2v) is 5.56. The summed E-state index contributed by atoms with van der Waals surface area (Å²) in [5.41, 5.74) is 1.34. The van der Waals surface area contributed by atoms with Crippen LogP contribution in [0.4, 0.5) is 0 Å². The zero-order valence-electron chi connectivity index (χ0n) is 9.69. The predicted molar refractivity (Wildman–Crippen MR) is 70.1 cm³/mol. The van der Waals surface area contributed by atoms with Gasteiger partial charge in [0.2, 0.25) is 0 Å². The number of aliphatic carboxylic acids is 1. The Balaban J connectivity index is 1.83. The lowest BCUT2D eigenvalue weighted by atomic mass is 9.75. The van der Waals surface area contributed by atoms with Gasteiger partial charge in [0.05, 0.1) is 0 Å². The summed E-state index contributed by atoms with van der Waals surface area (Å²) in [7, 11) is 0. The molecular formula is C13H16BrNO2. The first-order valence-electron chi connectivity index (χ1n) is 5.80. The fraction of sp³-hybridized carbons (Fsp3) is 0.462. The minimum Gasteiger partial charge on any atom is -0.480 e. The van der Waals surface area contributed by atoms with Crippen molar-refractivity contribution in [2.24, 2.45) is 0 Å². The molecule has 92 valence electrons. The van der Waals surface area contributed by atoms with Gasteiger partial charge in [-0.3, -0.25) is 4.79 Å². The van der Waals surface area contributed by atoms with E-state index in [0.717, 1.165) is 17.3 Å². The van der Waals surface area contributed by atoms with Gasteiger partial charge in [0, 0.05) is 10.5 Å². The van der Waals surface area contributed by atoms with Crippen LogP contribution in [-0.4, -0.2) is 23.2 Å². The monoisotopic (exact) mass is 297 g/mol. The van der Waals surface area contributed by atoms with Gasteiger partial charge in [0.25, 0.3) is 0 Å². The minimum atomic E-state index is -0.780. The number of nitrogens with one attached hydrogen (secondary N) is 1. The third kappa shape index (κ3) is 3.07. The highest BCUT2D eigenvalue weighted by Gasteiger charge is 2.31. The summed E-state index contributed by atoms with van der Waals surface area (Å²) < 4.78 is 1.09. The van der Waals surface area contributed by atoms with Crippen LogP contribution < -0.4 is 5.32 Å². The molecule has 0 aliphatic heterocycles. The molecule has 0 radical (unpaired) electrons. The van der Waals surface area contributed by atoms with E-state index in [1.54, 1.807) is 6.92 Å². The van der Waals surface area contributed by atoms with Crippen LogP contribution >= 0.6 is 15.9 Å². The lowest BCUT2D eigenvalue weighted by Gasteiger charge is -2.37. The van der Waals surface area contributed by atoms with Crippen LogP contribution in [0.5, 0.6) is 0 Å². The van der Waals surface area contributed by atoms with Crippen LogP contribution in [0.15, 0.2) is 28.7 Å². The van der Waals surface area contributed by atoms with Crippen LogP contribution in [0, 0.1) is 0 Å².